The second-order valence-corrected chi connectivity index (χ2v) is 6.76. The first-order valence-corrected chi connectivity index (χ1v) is 9.23. The van der Waals surface area contributed by atoms with Crippen molar-refractivity contribution in [3.05, 3.63) is 90.5 Å². The molecule has 3 aromatic carbocycles. The average molecular weight is 362 g/mol. The normalized spacial score (nSPS) is 11.0. The summed E-state index contributed by atoms with van der Waals surface area (Å²) in [5.74, 6) is 1.45. The van der Waals surface area contributed by atoms with Gasteiger partial charge in [0.2, 0.25) is 0 Å². The van der Waals surface area contributed by atoms with E-state index in [1.807, 2.05) is 48.5 Å². The fraction of sp³-hybridized carbons (Fsp3) is 0.0417. The van der Waals surface area contributed by atoms with Gasteiger partial charge in [-0.2, -0.15) is 5.10 Å². The number of fused-ring (bicyclic) bond motifs is 1. The van der Waals surface area contributed by atoms with Crippen LogP contribution in [0.5, 0.6) is 0 Å². The van der Waals surface area contributed by atoms with Crippen LogP contribution in [0.25, 0.3) is 44.9 Å². The minimum atomic E-state index is 0.675. The Bertz CT molecular complexity index is 1270. The summed E-state index contributed by atoms with van der Waals surface area (Å²) in [5.41, 5.74) is 6.11. The van der Waals surface area contributed by atoms with Gasteiger partial charge in [-0.25, -0.2) is 9.97 Å². The first-order valence-electron chi connectivity index (χ1n) is 9.23. The molecule has 134 valence electrons. The highest BCUT2D eigenvalue weighted by atomic mass is 15.2. The maximum absolute atomic E-state index is 4.84. The SMILES string of the molecule is Cc1ccccc1-c1nc(-c2cc(-c3ccccc3)nc3ccccc23)n[nH]1. The Hall–Kier alpha value is -3.79. The summed E-state index contributed by atoms with van der Waals surface area (Å²) < 4.78 is 0. The lowest BCUT2D eigenvalue weighted by atomic mass is 10.0. The van der Waals surface area contributed by atoms with Crippen molar-refractivity contribution in [3.63, 3.8) is 0 Å². The quantitative estimate of drug-likeness (QED) is 0.450. The fourth-order valence-electron chi connectivity index (χ4n) is 3.46. The Morgan fingerprint density at radius 3 is 2.32 bits per heavy atom. The van der Waals surface area contributed by atoms with E-state index in [1.165, 1.54) is 0 Å². The van der Waals surface area contributed by atoms with Crippen LogP contribution >= 0.6 is 0 Å². The molecule has 0 aliphatic heterocycles. The number of H-pyrrole nitrogens is 1. The van der Waals surface area contributed by atoms with Gasteiger partial charge in [-0.05, 0) is 24.6 Å². The highest BCUT2D eigenvalue weighted by molar-refractivity contribution is 5.95. The van der Waals surface area contributed by atoms with Crippen LogP contribution in [0.15, 0.2) is 84.9 Å². The van der Waals surface area contributed by atoms with E-state index in [-0.39, 0.29) is 0 Å². The predicted molar refractivity (Wildman–Crippen MR) is 113 cm³/mol. The molecule has 0 aliphatic carbocycles. The molecule has 4 nitrogen and oxygen atoms in total. The van der Waals surface area contributed by atoms with Gasteiger partial charge >= 0.3 is 0 Å². The molecule has 0 radical (unpaired) electrons. The van der Waals surface area contributed by atoms with Crippen LogP contribution in [0.4, 0.5) is 0 Å². The molecule has 28 heavy (non-hydrogen) atoms. The molecule has 0 atom stereocenters. The molecule has 2 heterocycles. The molecule has 0 fully saturated rings. The molecule has 4 heteroatoms. The number of para-hydroxylation sites is 1. The number of aromatic nitrogens is 4. The van der Waals surface area contributed by atoms with Gasteiger partial charge in [0.25, 0.3) is 0 Å². The van der Waals surface area contributed by atoms with Gasteiger partial charge in [0.1, 0.15) is 0 Å². The van der Waals surface area contributed by atoms with Gasteiger partial charge in [-0.15, -0.1) is 0 Å². The standard InChI is InChI=1S/C24H18N4/c1-16-9-5-6-12-18(16)23-26-24(28-27-23)20-15-22(17-10-3-2-4-11-17)25-21-14-8-7-13-19(20)21/h2-15H,1H3,(H,26,27,28). The number of aromatic amines is 1. The minimum Gasteiger partial charge on any atom is -0.259 e. The topological polar surface area (TPSA) is 54.5 Å². The highest BCUT2D eigenvalue weighted by Crippen LogP contribution is 2.31. The summed E-state index contributed by atoms with van der Waals surface area (Å²) in [5, 5.41) is 8.67. The third-order valence-corrected chi connectivity index (χ3v) is 4.91. The molecule has 0 saturated heterocycles. The molecule has 0 amide bonds. The number of hydrogen-bond acceptors (Lipinski definition) is 3. The summed E-state index contributed by atoms with van der Waals surface area (Å²) >= 11 is 0. The van der Waals surface area contributed by atoms with Gasteiger partial charge in [-0.1, -0.05) is 72.8 Å². The molecule has 0 spiro atoms. The van der Waals surface area contributed by atoms with Crippen LogP contribution in [0.2, 0.25) is 0 Å². The van der Waals surface area contributed by atoms with Crippen molar-refractivity contribution in [1.29, 1.82) is 0 Å². The third-order valence-electron chi connectivity index (χ3n) is 4.91. The van der Waals surface area contributed by atoms with E-state index in [0.29, 0.717) is 5.82 Å². The van der Waals surface area contributed by atoms with E-state index in [9.17, 15) is 0 Å². The number of pyridine rings is 1. The van der Waals surface area contributed by atoms with Crippen molar-refractivity contribution in [2.24, 2.45) is 0 Å². The van der Waals surface area contributed by atoms with Crippen molar-refractivity contribution in [3.8, 4) is 34.0 Å². The summed E-state index contributed by atoms with van der Waals surface area (Å²) in [6.45, 7) is 2.08. The Morgan fingerprint density at radius 2 is 1.46 bits per heavy atom. The first-order chi connectivity index (χ1) is 13.8. The van der Waals surface area contributed by atoms with Gasteiger partial charge in [0.15, 0.2) is 11.6 Å². The zero-order valence-electron chi connectivity index (χ0n) is 15.4. The molecular weight excluding hydrogens is 344 g/mol. The predicted octanol–water partition coefficient (Wildman–Crippen LogP) is 5.66. The average Bonchev–Trinajstić information content (AvgIpc) is 3.24. The maximum Gasteiger partial charge on any atom is 0.182 e. The van der Waals surface area contributed by atoms with Crippen molar-refractivity contribution >= 4 is 10.9 Å². The van der Waals surface area contributed by atoms with E-state index < -0.39 is 0 Å². The lowest BCUT2D eigenvalue weighted by Gasteiger charge is -2.07. The smallest absolute Gasteiger partial charge is 0.182 e. The molecule has 5 rings (SSSR count). The lowest BCUT2D eigenvalue weighted by Crippen LogP contribution is -1.91. The van der Waals surface area contributed by atoms with Crippen LogP contribution in [0, 0.1) is 6.92 Å². The van der Waals surface area contributed by atoms with Crippen LogP contribution in [-0.2, 0) is 0 Å². The molecule has 0 aliphatic rings. The molecule has 2 aromatic heterocycles. The second-order valence-electron chi connectivity index (χ2n) is 6.76. The second kappa shape index (κ2) is 6.74. The molecular formula is C24H18N4. The summed E-state index contributed by atoms with van der Waals surface area (Å²) in [4.78, 5) is 9.65. The zero-order chi connectivity index (χ0) is 18.9. The Labute approximate surface area is 162 Å². The Kier molecular flexibility index (Phi) is 3.95. The van der Waals surface area contributed by atoms with E-state index >= 15 is 0 Å². The Balaban J connectivity index is 1.70. The number of hydrogen-bond donors (Lipinski definition) is 1. The van der Waals surface area contributed by atoms with E-state index in [4.69, 9.17) is 9.97 Å². The number of rotatable bonds is 3. The first kappa shape index (κ1) is 16.4. The lowest BCUT2D eigenvalue weighted by molar-refractivity contribution is 1.10. The van der Waals surface area contributed by atoms with Gasteiger partial charge in [-0.3, -0.25) is 5.10 Å². The summed E-state index contributed by atoms with van der Waals surface area (Å²) in [7, 11) is 0. The number of nitrogens with one attached hydrogen (secondary N) is 1. The third kappa shape index (κ3) is 2.85. The van der Waals surface area contributed by atoms with E-state index in [1.54, 1.807) is 0 Å². The van der Waals surface area contributed by atoms with Crippen molar-refractivity contribution in [2.75, 3.05) is 0 Å². The molecule has 1 N–H and O–H groups in total. The minimum absolute atomic E-state index is 0.675. The van der Waals surface area contributed by atoms with Crippen LogP contribution in [-0.4, -0.2) is 20.2 Å². The summed E-state index contributed by atoms with van der Waals surface area (Å²) in [6, 6.07) is 28.5. The Morgan fingerprint density at radius 1 is 0.714 bits per heavy atom. The van der Waals surface area contributed by atoms with Crippen LogP contribution < -0.4 is 0 Å². The zero-order valence-corrected chi connectivity index (χ0v) is 15.4. The van der Waals surface area contributed by atoms with Gasteiger partial charge in [0.05, 0.1) is 11.2 Å². The van der Waals surface area contributed by atoms with Gasteiger partial charge in [0, 0.05) is 22.1 Å². The maximum atomic E-state index is 4.84. The number of nitrogens with zero attached hydrogens (tertiary/aromatic N) is 3. The number of aryl methyl sites for hydroxylation is 1. The monoisotopic (exact) mass is 362 g/mol. The van der Waals surface area contributed by atoms with E-state index in [2.05, 4.69) is 53.5 Å². The van der Waals surface area contributed by atoms with Gasteiger partial charge < -0.3 is 0 Å². The molecule has 0 bridgehead atoms. The van der Waals surface area contributed by atoms with Crippen molar-refractivity contribution < 1.29 is 0 Å². The van der Waals surface area contributed by atoms with Crippen LogP contribution in [0.3, 0.4) is 0 Å². The van der Waals surface area contributed by atoms with Crippen molar-refractivity contribution in [1.82, 2.24) is 20.2 Å². The highest BCUT2D eigenvalue weighted by Gasteiger charge is 2.14. The number of benzene rings is 3. The van der Waals surface area contributed by atoms with Crippen molar-refractivity contribution in [2.45, 2.75) is 6.92 Å². The molecule has 5 aromatic rings. The van der Waals surface area contributed by atoms with E-state index in [0.717, 1.165) is 44.7 Å². The summed E-state index contributed by atoms with van der Waals surface area (Å²) in [6.07, 6.45) is 0. The fourth-order valence-corrected chi connectivity index (χ4v) is 3.46. The molecule has 0 unspecified atom stereocenters. The van der Waals surface area contributed by atoms with Crippen LogP contribution in [0.1, 0.15) is 5.56 Å². The molecule has 0 saturated carbocycles. The largest absolute Gasteiger partial charge is 0.259 e.